The lowest BCUT2D eigenvalue weighted by molar-refractivity contribution is 0.311. The minimum Gasteiger partial charge on any atom is -0.284 e. The number of nitrogens with two attached hydrogens (primary N) is 1. The summed E-state index contributed by atoms with van der Waals surface area (Å²) in [5.74, 6) is 6.04. The van der Waals surface area contributed by atoms with Gasteiger partial charge < -0.3 is 0 Å². The molecule has 6 heteroatoms. The molecule has 1 aromatic heterocycles. The van der Waals surface area contributed by atoms with E-state index >= 15 is 0 Å². The number of nitrogens with one attached hydrogen (secondary N) is 2. The first-order valence-corrected chi connectivity index (χ1v) is 3.17. The van der Waals surface area contributed by atoms with Crippen LogP contribution >= 0.6 is 0 Å². The van der Waals surface area contributed by atoms with Crippen LogP contribution in [-0.4, -0.2) is 14.7 Å². The summed E-state index contributed by atoms with van der Waals surface area (Å²) in [6.45, 7) is 0.460. The molecule has 1 aliphatic heterocycles. The highest BCUT2D eigenvalue weighted by molar-refractivity contribution is 5.25. The fraction of sp³-hybridized carbons (Fsp3) is 0.200. The summed E-state index contributed by atoms with van der Waals surface area (Å²) in [4.78, 5) is 3.98. The number of hydrazine groups is 2. The van der Waals surface area contributed by atoms with Gasteiger partial charge >= 0.3 is 0 Å². The van der Waals surface area contributed by atoms with Crippen molar-refractivity contribution in [2.24, 2.45) is 5.84 Å². The molecule has 6 nitrogen and oxygen atoms in total. The molecule has 0 aliphatic carbocycles. The molecule has 11 heavy (non-hydrogen) atoms. The number of hydrogen-bond acceptors (Lipinski definition) is 5. The topological polar surface area (TPSA) is 83.0 Å². The molecule has 2 heterocycles. The molecule has 2 rings (SSSR count). The second-order valence-corrected chi connectivity index (χ2v) is 2.30. The Morgan fingerprint density at radius 3 is 3.27 bits per heavy atom. The monoisotopic (exact) mass is 152 g/mol. The van der Waals surface area contributed by atoms with Gasteiger partial charge in [0.25, 0.3) is 0 Å². The van der Waals surface area contributed by atoms with Crippen LogP contribution < -0.4 is 16.8 Å². The Kier molecular flexibility index (Phi) is 1.17. The third kappa shape index (κ3) is 0.883. The summed E-state index contributed by atoms with van der Waals surface area (Å²) >= 11 is 0. The largest absolute Gasteiger partial charge is 0.284 e. The van der Waals surface area contributed by atoms with Crippen LogP contribution in [0.5, 0.6) is 0 Å². The van der Waals surface area contributed by atoms with E-state index in [9.17, 15) is 0 Å². The van der Waals surface area contributed by atoms with Crippen molar-refractivity contribution in [2.45, 2.75) is 6.67 Å². The Morgan fingerprint density at radius 1 is 1.73 bits per heavy atom. The van der Waals surface area contributed by atoms with E-state index in [2.05, 4.69) is 10.4 Å². The van der Waals surface area contributed by atoms with E-state index in [0.29, 0.717) is 18.1 Å². The van der Waals surface area contributed by atoms with Gasteiger partial charge in [-0.2, -0.15) is 0 Å². The average molecular weight is 152 g/mol. The predicted octanol–water partition coefficient (Wildman–Crippen LogP) is -1.16. The van der Waals surface area contributed by atoms with Crippen LogP contribution in [0.15, 0.2) is 12.3 Å². The van der Waals surface area contributed by atoms with E-state index in [4.69, 9.17) is 11.3 Å². The van der Waals surface area contributed by atoms with Crippen molar-refractivity contribution >= 4 is 5.95 Å². The van der Waals surface area contributed by atoms with Gasteiger partial charge in [-0.1, -0.05) is 0 Å². The summed E-state index contributed by atoms with van der Waals surface area (Å²) in [6, 6.07) is 1.62. The Hall–Kier alpha value is -1.40. The maximum Gasteiger partial charge on any atom is 0.221 e. The molecule has 0 unspecified atom stereocenters. The molecule has 0 bridgehead atoms. The van der Waals surface area contributed by atoms with Gasteiger partial charge in [0.05, 0.1) is 0 Å². The SMILES string of the molecule is N=c1ccnc2n1CN(N)N2. The fourth-order valence-corrected chi connectivity index (χ4v) is 1.00. The normalized spacial score (nSPS) is 16.1. The molecule has 0 amide bonds. The molecule has 0 saturated heterocycles. The summed E-state index contributed by atoms with van der Waals surface area (Å²) in [6.07, 6.45) is 1.57. The first kappa shape index (κ1) is 6.32. The smallest absolute Gasteiger partial charge is 0.221 e. The molecule has 1 aromatic rings. The summed E-state index contributed by atoms with van der Waals surface area (Å²) in [7, 11) is 0. The number of fused-ring (bicyclic) bond motifs is 1. The van der Waals surface area contributed by atoms with Crippen molar-refractivity contribution in [2.75, 3.05) is 5.43 Å². The Balaban J connectivity index is 2.58. The van der Waals surface area contributed by atoms with Crippen LogP contribution in [0.1, 0.15) is 0 Å². The number of rotatable bonds is 0. The van der Waals surface area contributed by atoms with E-state index in [0.717, 1.165) is 0 Å². The Bertz CT molecular complexity index is 328. The number of nitrogens with zero attached hydrogens (tertiary/aromatic N) is 3. The fourth-order valence-electron chi connectivity index (χ4n) is 1.00. The molecular formula is C5H8N6. The highest BCUT2D eigenvalue weighted by Crippen LogP contribution is 2.05. The standard InChI is InChI=1S/C5H8N6/c6-4-1-2-8-5-9-11(7)3-10(4)5/h1-2,6H,3,7H2,(H,8,9). The average Bonchev–Trinajstić information content (AvgIpc) is 2.31. The Labute approximate surface area is 62.7 Å². The zero-order chi connectivity index (χ0) is 7.84. The molecule has 0 radical (unpaired) electrons. The van der Waals surface area contributed by atoms with Crippen LogP contribution in [0.2, 0.25) is 0 Å². The van der Waals surface area contributed by atoms with Gasteiger partial charge in [-0.25, -0.2) is 10.8 Å². The van der Waals surface area contributed by atoms with Gasteiger partial charge in [-0.3, -0.25) is 15.4 Å². The van der Waals surface area contributed by atoms with E-state index < -0.39 is 0 Å². The third-order valence-electron chi connectivity index (χ3n) is 1.51. The summed E-state index contributed by atoms with van der Waals surface area (Å²) in [5, 5.41) is 8.82. The van der Waals surface area contributed by atoms with Crippen LogP contribution in [-0.2, 0) is 6.67 Å². The molecule has 4 N–H and O–H groups in total. The van der Waals surface area contributed by atoms with Crippen molar-refractivity contribution in [3.8, 4) is 0 Å². The summed E-state index contributed by atoms with van der Waals surface area (Å²) in [5.41, 5.74) is 3.18. The molecule has 1 aliphatic rings. The first-order valence-electron chi connectivity index (χ1n) is 3.17. The number of anilines is 1. The van der Waals surface area contributed by atoms with E-state index in [-0.39, 0.29) is 0 Å². The van der Waals surface area contributed by atoms with E-state index in [1.165, 1.54) is 5.12 Å². The molecule has 0 fully saturated rings. The van der Waals surface area contributed by atoms with Gasteiger partial charge in [-0.05, 0) is 6.07 Å². The third-order valence-corrected chi connectivity index (χ3v) is 1.51. The van der Waals surface area contributed by atoms with Crippen LogP contribution in [0.25, 0.3) is 0 Å². The quantitative estimate of drug-likeness (QED) is 0.409. The number of hydrogen-bond donors (Lipinski definition) is 3. The maximum absolute atomic E-state index is 7.44. The van der Waals surface area contributed by atoms with Gasteiger partial charge in [0.1, 0.15) is 12.2 Å². The maximum atomic E-state index is 7.44. The second-order valence-electron chi connectivity index (χ2n) is 2.30. The van der Waals surface area contributed by atoms with E-state index in [1.54, 1.807) is 16.8 Å². The minimum absolute atomic E-state index is 0.399. The zero-order valence-corrected chi connectivity index (χ0v) is 5.78. The van der Waals surface area contributed by atoms with Crippen molar-refractivity contribution < 1.29 is 0 Å². The van der Waals surface area contributed by atoms with Gasteiger partial charge in [0.15, 0.2) is 0 Å². The van der Waals surface area contributed by atoms with Gasteiger partial charge in [0.2, 0.25) is 5.95 Å². The lowest BCUT2D eigenvalue weighted by Gasteiger charge is -2.03. The van der Waals surface area contributed by atoms with E-state index in [1.807, 2.05) is 0 Å². The molecule has 0 atom stereocenters. The van der Waals surface area contributed by atoms with Crippen molar-refractivity contribution in [1.82, 2.24) is 14.7 Å². The minimum atomic E-state index is 0.399. The molecule has 58 valence electrons. The lowest BCUT2D eigenvalue weighted by Crippen LogP contribution is -2.32. The van der Waals surface area contributed by atoms with Crippen LogP contribution in [0.4, 0.5) is 5.95 Å². The number of aromatic nitrogens is 2. The Morgan fingerprint density at radius 2 is 2.55 bits per heavy atom. The predicted molar refractivity (Wildman–Crippen MR) is 37.7 cm³/mol. The highest BCUT2D eigenvalue weighted by Gasteiger charge is 2.14. The summed E-state index contributed by atoms with van der Waals surface area (Å²) < 4.78 is 1.67. The highest BCUT2D eigenvalue weighted by atomic mass is 15.7. The van der Waals surface area contributed by atoms with Crippen molar-refractivity contribution in [3.05, 3.63) is 17.8 Å². The van der Waals surface area contributed by atoms with Gasteiger partial charge in [0, 0.05) is 6.20 Å². The van der Waals surface area contributed by atoms with Crippen LogP contribution in [0.3, 0.4) is 0 Å². The van der Waals surface area contributed by atoms with Crippen LogP contribution in [0, 0.1) is 5.41 Å². The lowest BCUT2D eigenvalue weighted by atomic mass is 10.6. The zero-order valence-electron chi connectivity index (χ0n) is 5.78. The molecule has 0 saturated carbocycles. The van der Waals surface area contributed by atoms with Gasteiger partial charge in [-0.15, -0.1) is 5.12 Å². The first-order chi connectivity index (χ1) is 5.27. The van der Waals surface area contributed by atoms with Crippen molar-refractivity contribution in [1.29, 1.82) is 5.41 Å². The second kappa shape index (κ2) is 2.04. The van der Waals surface area contributed by atoms with Crippen molar-refractivity contribution in [3.63, 3.8) is 0 Å². The molecular weight excluding hydrogens is 144 g/mol. The molecule has 0 spiro atoms. The molecule has 0 aromatic carbocycles.